The van der Waals surface area contributed by atoms with Crippen LogP contribution < -0.4 is 11.1 Å². The summed E-state index contributed by atoms with van der Waals surface area (Å²) in [5.41, 5.74) is 8.17. The SMILES string of the molecule is Cc1coc(NC(=O)c2c(C)cccc2N)n1. The molecule has 0 atom stereocenters. The third-order valence-electron chi connectivity index (χ3n) is 2.37. The van der Waals surface area contributed by atoms with E-state index in [1.54, 1.807) is 19.1 Å². The summed E-state index contributed by atoms with van der Waals surface area (Å²) >= 11 is 0. The topological polar surface area (TPSA) is 81.2 Å². The lowest BCUT2D eigenvalue weighted by Gasteiger charge is -2.07. The predicted molar refractivity (Wildman–Crippen MR) is 64.8 cm³/mol. The van der Waals surface area contributed by atoms with Crippen molar-refractivity contribution in [3.05, 3.63) is 41.3 Å². The number of hydrogen-bond acceptors (Lipinski definition) is 4. The number of nitrogens with one attached hydrogen (secondary N) is 1. The Morgan fingerprint density at radius 2 is 2.18 bits per heavy atom. The minimum atomic E-state index is -0.317. The Balaban J connectivity index is 2.26. The Bertz CT molecular complexity index is 540. The standard InChI is InChI=1S/C12H13N3O2/c1-7-4-3-5-9(13)10(7)11(16)15-12-14-8(2)6-17-12/h3-6H,13H2,1-2H3,(H,14,15,16). The van der Waals surface area contributed by atoms with Crippen LogP contribution in [0.1, 0.15) is 21.6 Å². The number of aromatic nitrogens is 1. The lowest BCUT2D eigenvalue weighted by Crippen LogP contribution is -2.15. The normalized spacial score (nSPS) is 10.2. The Labute approximate surface area is 98.6 Å². The number of rotatable bonds is 2. The molecule has 1 aromatic heterocycles. The Morgan fingerprint density at radius 3 is 2.76 bits per heavy atom. The van der Waals surface area contributed by atoms with E-state index in [1.807, 2.05) is 13.0 Å². The average Bonchev–Trinajstić information content (AvgIpc) is 2.63. The number of amides is 1. The van der Waals surface area contributed by atoms with E-state index in [1.165, 1.54) is 6.26 Å². The molecule has 1 amide bonds. The zero-order valence-electron chi connectivity index (χ0n) is 9.65. The van der Waals surface area contributed by atoms with Crippen molar-refractivity contribution in [1.29, 1.82) is 0 Å². The highest BCUT2D eigenvalue weighted by Crippen LogP contribution is 2.18. The van der Waals surface area contributed by atoms with E-state index in [2.05, 4.69) is 10.3 Å². The van der Waals surface area contributed by atoms with Gasteiger partial charge in [0.15, 0.2) is 0 Å². The highest BCUT2D eigenvalue weighted by atomic mass is 16.4. The summed E-state index contributed by atoms with van der Waals surface area (Å²) in [5, 5.41) is 2.56. The molecule has 0 bridgehead atoms. The third-order valence-corrected chi connectivity index (χ3v) is 2.37. The number of benzene rings is 1. The van der Waals surface area contributed by atoms with E-state index in [9.17, 15) is 4.79 Å². The quantitative estimate of drug-likeness (QED) is 0.776. The number of nitrogens with two attached hydrogens (primary N) is 1. The van der Waals surface area contributed by atoms with Gasteiger partial charge >= 0.3 is 6.01 Å². The van der Waals surface area contributed by atoms with Gasteiger partial charge in [0.1, 0.15) is 6.26 Å². The van der Waals surface area contributed by atoms with Gasteiger partial charge in [-0.25, -0.2) is 0 Å². The van der Waals surface area contributed by atoms with Crippen LogP contribution in [-0.2, 0) is 0 Å². The molecule has 0 aliphatic heterocycles. The maximum absolute atomic E-state index is 12.0. The number of carbonyl (C=O) groups is 1. The van der Waals surface area contributed by atoms with Crippen molar-refractivity contribution in [2.45, 2.75) is 13.8 Å². The molecule has 0 saturated carbocycles. The maximum Gasteiger partial charge on any atom is 0.301 e. The van der Waals surface area contributed by atoms with E-state index in [-0.39, 0.29) is 11.9 Å². The van der Waals surface area contributed by atoms with Crippen LogP contribution in [0.4, 0.5) is 11.7 Å². The molecule has 5 heteroatoms. The highest BCUT2D eigenvalue weighted by molar-refractivity contribution is 6.07. The molecule has 0 fully saturated rings. The summed E-state index contributed by atoms with van der Waals surface area (Å²) in [4.78, 5) is 16.0. The Hall–Kier alpha value is -2.30. The average molecular weight is 231 g/mol. The van der Waals surface area contributed by atoms with E-state index in [0.29, 0.717) is 16.9 Å². The smallest absolute Gasteiger partial charge is 0.301 e. The highest BCUT2D eigenvalue weighted by Gasteiger charge is 2.14. The van der Waals surface area contributed by atoms with Gasteiger partial charge in [-0.15, -0.1) is 0 Å². The first kappa shape index (κ1) is 11.2. The number of nitrogen functional groups attached to an aromatic ring is 1. The number of carbonyl (C=O) groups excluding carboxylic acids is 1. The second-order valence-corrected chi connectivity index (χ2v) is 3.79. The Kier molecular flexibility index (Phi) is 2.82. The number of oxazole rings is 1. The first-order chi connectivity index (χ1) is 8.08. The van der Waals surface area contributed by atoms with Crippen LogP contribution in [0, 0.1) is 13.8 Å². The Morgan fingerprint density at radius 1 is 1.41 bits per heavy atom. The van der Waals surface area contributed by atoms with Crippen LogP contribution in [0.2, 0.25) is 0 Å². The molecule has 2 aromatic rings. The number of anilines is 2. The van der Waals surface area contributed by atoms with Gasteiger partial charge in [0.2, 0.25) is 0 Å². The van der Waals surface area contributed by atoms with Gasteiger partial charge in [-0.3, -0.25) is 10.1 Å². The van der Waals surface area contributed by atoms with Crippen molar-refractivity contribution in [2.75, 3.05) is 11.1 Å². The second-order valence-electron chi connectivity index (χ2n) is 3.79. The minimum absolute atomic E-state index is 0.176. The molecule has 88 valence electrons. The van der Waals surface area contributed by atoms with E-state index in [0.717, 1.165) is 5.56 Å². The van der Waals surface area contributed by atoms with Crippen molar-refractivity contribution < 1.29 is 9.21 Å². The zero-order valence-corrected chi connectivity index (χ0v) is 9.65. The molecule has 1 aromatic carbocycles. The van der Waals surface area contributed by atoms with E-state index < -0.39 is 0 Å². The lowest BCUT2D eigenvalue weighted by atomic mass is 10.1. The van der Waals surface area contributed by atoms with Crippen molar-refractivity contribution in [3.63, 3.8) is 0 Å². The molecule has 3 N–H and O–H groups in total. The number of nitrogens with zero attached hydrogens (tertiary/aromatic N) is 1. The molecule has 1 heterocycles. The van der Waals surface area contributed by atoms with E-state index >= 15 is 0 Å². The molecule has 0 radical (unpaired) electrons. The molecule has 0 saturated heterocycles. The summed E-state index contributed by atoms with van der Waals surface area (Å²) < 4.78 is 5.05. The van der Waals surface area contributed by atoms with Crippen LogP contribution in [0.5, 0.6) is 0 Å². The van der Waals surface area contributed by atoms with Gasteiger partial charge in [0.05, 0.1) is 11.3 Å². The summed E-state index contributed by atoms with van der Waals surface area (Å²) in [6.07, 6.45) is 1.47. The monoisotopic (exact) mass is 231 g/mol. The fourth-order valence-corrected chi connectivity index (χ4v) is 1.57. The van der Waals surface area contributed by atoms with Gasteiger partial charge < -0.3 is 10.2 Å². The number of aryl methyl sites for hydroxylation is 2. The van der Waals surface area contributed by atoms with Crippen LogP contribution >= 0.6 is 0 Å². The lowest BCUT2D eigenvalue weighted by molar-refractivity contribution is 0.102. The van der Waals surface area contributed by atoms with Gasteiger partial charge in [0, 0.05) is 5.69 Å². The zero-order chi connectivity index (χ0) is 12.4. The van der Waals surface area contributed by atoms with Crippen LogP contribution in [-0.4, -0.2) is 10.9 Å². The maximum atomic E-state index is 12.0. The third kappa shape index (κ3) is 2.28. The van der Waals surface area contributed by atoms with Crippen LogP contribution in [0.25, 0.3) is 0 Å². The summed E-state index contributed by atoms with van der Waals surface area (Å²) in [5.74, 6) is -0.317. The molecule has 0 unspecified atom stereocenters. The van der Waals surface area contributed by atoms with Crippen molar-refractivity contribution >= 4 is 17.6 Å². The fourth-order valence-electron chi connectivity index (χ4n) is 1.57. The van der Waals surface area contributed by atoms with E-state index in [4.69, 9.17) is 10.2 Å². The fraction of sp³-hybridized carbons (Fsp3) is 0.167. The molecule has 5 nitrogen and oxygen atoms in total. The summed E-state index contributed by atoms with van der Waals surface area (Å²) in [7, 11) is 0. The predicted octanol–water partition coefficient (Wildman–Crippen LogP) is 2.13. The molecule has 0 aliphatic rings. The van der Waals surface area contributed by atoms with Gasteiger partial charge in [-0.2, -0.15) is 4.98 Å². The van der Waals surface area contributed by atoms with Crippen molar-refractivity contribution in [1.82, 2.24) is 4.98 Å². The van der Waals surface area contributed by atoms with Crippen molar-refractivity contribution in [2.24, 2.45) is 0 Å². The van der Waals surface area contributed by atoms with Gasteiger partial charge in [-0.05, 0) is 25.5 Å². The molecule has 0 aliphatic carbocycles. The molecular formula is C12H13N3O2. The van der Waals surface area contributed by atoms with Crippen LogP contribution in [0.15, 0.2) is 28.9 Å². The minimum Gasteiger partial charge on any atom is -0.432 e. The molecule has 2 rings (SSSR count). The van der Waals surface area contributed by atoms with Gasteiger partial charge in [0.25, 0.3) is 5.91 Å². The molecule has 0 spiro atoms. The molecular weight excluding hydrogens is 218 g/mol. The summed E-state index contributed by atoms with van der Waals surface area (Å²) in [6.45, 7) is 3.60. The molecule has 17 heavy (non-hydrogen) atoms. The largest absolute Gasteiger partial charge is 0.432 e. The van der Waals surface area contributed by atoms with Crippen LogP contribution in [0.3, 0.4) is 0 Å². The van der Waals surface area contributed by atoms with Gasteiger partial charge in [-0.1, -0.05) is 12.1 Å². The van der Waals surface area contributed by atoms with Crippen molar-refractivity contribution in [3.8, 4) is 0 Å². The number of hydrogen-bond donors (Lipinski definition) is 2. The first-order valence-electron chi connectivity index (χ1n) is 5.16. The first-order valence-corrected chi connectivity index (χ1v) is 5.16. The summed E-state index contributed by atoms with van der Waals surface area (Å²) in [6, 6.07) is 5.49. The second kappa shape index (κ2) is 4.29.